The number of rotatable bonds is 13. The van der Waals surface area contributed by atoms with Gasteiger partial charge in [-0.05, 0) is 17.2 Å². The summed E-state index contributed by atoms with van der Waals surface area (Å²) in [6.45, 7) is 3.26. The van der Waals surface area contributed by atoms with Gasteiger partial charge in [0.1, 0.15) is 12.6 Å². The summed E-state index contributed by atoms with van der Waals surface area (Å²) in [6, 6.07) is 22.7. The summed E-state index contributed by atoms with van der Waals surface area (Å²) in [5.74, 6) is 2.90. The van der Waals surface area contributed by atoms with E-state index in [1.54, 1.807) is 33.1 Å². The fourth-order valence-corrected chi connectivity index (χ4v) is 5.83. The fourth-order valence-electron chi connectivity index (χ4n) is 4.83. The molecule has 0 unspecified atom stereocenters. The Labute approximate surface area is 252 Å². The first-order valence-corrected chi connectivity index (χ1v) is 15.1. The third-order valence-corrected chi connectivity index (χ3v) is 8.17. The third-order valence-electron chi connectivity index (χ3n) is 7.06. The Hall–Kier alpha value is -3.89. The molecule has 42 heavy (non-hydrogen) atoms. The van der Waals surface area contributed by atoms with E-state index in [2.05, 4.69) is 22.3 Å². The zero-order valence-corrected chi connectivity index (χ0v) is 25.2. The first kappa shape index (κ1) is 31.1. The van der Waals surface area contributed by atoms with E-state index < -0.39 is 12.1 Å². The number of ether oxygens (including phenoxy) is 4. The lowest BCUT2D eigenvalue weighted by atomic mass is 10.1. The van der Waals surface area contributed by atoms with Gasteiger partial charge in [-0.15, -0.1) is 0 Å². The fraction of sp³-hybridized carbons (Fsp3) is 0.375. The minimum Gasteiger partial charge on any atom is -0.493 e. The zero-order valence-electron chi connectivity index (χ0n) is 24.4. The van der Waals surface area contributed by atoms with Gasteiger partial charge in [0, 0.05) is 49.8 Å². The van der Waals surface area contributed by atoms with Crippen molar-refractivity contribution in [3.05, 3.63) is 89.5 Å². The number of methoxy groups -OCH3 is 3. The molecule has 3 aromatic rings. The zero-order chi connectivity index (χ0) is 29.7. The van der Waals surface area contributed by atoms with E-state index in [-0.39, 0.29) is 12.5 Å². The summed E-state index contributed by atoms with van der Waals surface area (Å²) in [5, 5.41) is 2.83. The van der Waals surface area contributed by atoms with Crippen molar-refractivity contribution < 1.29 is 28.5 Å². The van der Waals surface area contributed by atoms with E-state index in [4.69, 9.17) is 18.9 Å². The Morgan fingerprint density at radius 2 is 1.45 bits per heavy atom. The molecule has 0 aromatic heterocycles. The van der Waals surface area contributed by atoms with Gasteiger partial charge in [-0.2, -0.15) is 11.8 Å². The molecule has 1 fully saturated rings. The average Bonchev–Trinajstić information content (AvgIpc) is 3.04. The molecule has 1 aliphatic heterocycles. The monoisotopic (exact) mass is 593 g/mol. The molecule has 2 amide bonds. The van der Waals surface area contributed by atoms with Crippen LogP contribution in [0.15, 0.2) is 72.8 Å². The van der Waals surface area contributed by atoms with Crippen LogP contribution in [0.25, 0.3) is 0 Å². The summed E-state index contributed by atoms with van der Waals surface area (Å²) >= 11 is 1.61. The van der Waals surface area contributed by atoms with Crippen molar-refractivity contribution in [1.29, 1.82) is 0 Å². The summed E-state index contributed by atoms with van der Waals surface area (Å²) < 4.78 is 22.0. The van der Waals surface area contributed by atoms with Crippen LogP contribution in [0.3, 0.4) is 0 Å². The molecule has 3 aromatic carbocycles. The van der Waals surface area contributed by atoms with Gasteiger partial charge in [0.2, 0.25) is 11.7 Å². The molecular weight excluding hydrogens is 554 g/mol. The highest BCUT2D eigenvalue weighted by atomic mass is 32.2. The number of carbonyl (C=O) groups is 2. The maximum absolute atomic E-state index is 13.6. The number of thioether (sulfide) groups is 1. The van der Waals surface area contributed by atoms with Crippen LogP contribution in [0.5, 0.6) is 17.2 Å². The van der Waals surface area contributed by atoms with Gasteiger partial charge in [-0.25, -0.2) is 4.79 Å². The van der Waals surface area contributed by atoms with E-state index in [0.717, 1.165) is 16.9 Å². The van der Waals surface area contributed by atoms with Crippen LogP contribution in [0.1, 0.15) is 16.7 Å². The molecule has 1 heterocycles. The number of hydrogen-bond donors (Lipinski definition) is 1. The summed E-state index contributed by atoms with van der Waals surface area (Å²) in [7, 11) is 4.80. The number of alkyl carbamates (subject to hydrolysis) is 1. The molecule has 0 saturated carbocycles. The highest BCUT2D eigenvalue weighted by Crippen LogP contribution is 2.40. The standard InChI is InChI=1S/C32H39N3O6S/c1-38-28-15-14-26(29(39-2)30(28)40-3)20-34-16-18-35(19-17-34)31(36)27(23-42-22-25-12-8-5-9-13-25)33-32(37)41-21-24-10-6-4-7-11-24/h4-15,27H,16-23H2,1-3H3,(H,33,37)/t27-/m0/s1. The van der Waals surface area contributed by atoms with Crippen LogP contribution >= 0.6 is 11.8 Å². The number of nitrogens with one attached hydrogen (secondary N) is 1. The van der Waals surface area contributed by atoms with Crippen LogP contribution in [-0.4, -0.2) is 81.1 Å². The van der Waals surface area contributed by atoms with Gasteiger partial charge in [0.25, 0.3) is 0 Å². The van der Waals surface area contributed by atoms with Gasteiger partial charge >= 0.3 is 6.09 Å². The number of benzene rings is 3. The van der Waals surface area contributed by atoms with Gasteiger partial charge < -0.3 is 29.2 Å². The largest absolute Gasteiger partial charge is 0.493 e. The molecule has 10 heteroatoms. The van der Waals surface area contributed by atoms with Gasteiger partial charge in [0.15, 0.2) is 11.5 Å². The number of amides is 2. The van der Waals surface area contributed by atoms with Crippen LogP contribution in [-0.2, 0) is 28.4 Å². The molecule has 1 N–H and O–H groups in total. The predicted octanol–water partition coefficient (Wildman–Crippen LogP) is 4.59. The lowest BCUT2D eigenvalue weighted by molar-refractivity contribution is -0.134. The quantitative estimate of drug-likeness (QED) is 0.308. The van der Waals surface area contributed by atoms with Crippen molar-refractivity contribution in [2.45, 2.75) is 24.9 Å². The normalized spacial score (nSPS) is 14.1. The predicted molar refractivity (Wildman–Crippen MR) is 164 cm³/mol. The molecule has 0 spiro atoms. The Morgan fingerprint density at radius 3 is 2.07 bits per heavy atom. The molecule has 1 aliphatic rings. The van der Waals surface area contributed by atoms with E-state index in [0.29, 0.717) is 55.7 Å². The summed E-state index contributed by atoms with van der Waals surface area (Å²) in [4.78, 5) is 30.5. The molecular formula is C32H39N3O6S. The molecule has 224 valence electrons. The highest BCUT2D eigenvalue weighted by Gasteiger charge is 2.30. The number of carbonyl (C=O) groups excluding carboxylic acids is 2. The molecule has 0 bridgehead atoms. The van der Waals surface area contributed by atoms with Crippen molar-refractivity contribution in [2.24, 2.45) is 0 Å². The Balaban J connectivity index is 1.35. The molecule has 1 saturated heterocycles. The van der Waals surface area contributed by atoms with Crippen molar-refractivity contribution in [3.63, 3.8) is 0 Å². The molecule has 0 radical (unpaired) electrons. The molecule has 0 aliphatic carbocycles. The van der Waals surface area contributed by atoms with Crippen LogP contribution in [0, 0.1) is 0 Å². The van der Waals surface area contributed by atoms with Crippen molar-refractivity contribution in [1.82, 2.24) is 15.1 Å². The van der Waals surface area contributed by atoms with E-state index in [1.165, 1.54) is 5.56 Å². The van der Waals surface area contributed by atoms with Crippen LogP contribution in [0.2, 0.25) is 0 Å². The average molecular weight is 594 g/mol. The second kappa shape index (κ2) is 15.9. The second-order valence-corrected chi connectivity index (χ2v) is 10.9. The lowest BCUT2D eigenvalue weighted by Gasteiger charge is -2.36. The summed E-state index contributed by atoms with van der Waals surface area (Å²) in [5.41, 5.74) is 3.03. The second-order valence-electron chi connectivity index (χ2n) is 9.85. The summed E-state index contributed by atoms with van der Waals surface area (Å²) in [6.07, 6.45) is -0.600. The van der Waals surface area contributed by atoms with Crippen molar-refractivity contribution in [3.8, 4) is 17.2 Å². The minimum atomic E-state index is -0.695. The Morgan fingerprint density at radius 1 is 0.810 bits per heavy atom. The lowest BCUT2D eigenvalue weighted by Crippen LogP contribution is -2.55. The topological polar surface area (TPSA) is 89.6 Å². The van der Waals surface area contributed by atoms with Gasteiger partial charge in [0.05, 0.1) is 21.3 Å². The van der Waals surface area contributed by atoms with E-state index in [9.17, 15) is 9.59 Å². The molecule has 1 atom stereocenters. The van der Waals surface area contributed by atoms with Crippen LogP contribution < -0.4 is 19.5 Å². The van der Waals surface area contributed by atoms with Crippen molar-refractivity contribution >= 4 is 23.8 Å². The van der Waals surface area contributed by atoms with E-state index in [1.807, 2.05) is 65.6 Å². The number of hydrogen-bond acceptors (Lipinski definition) is 8. The van der Waals surface area contributed by atoms with Gasteiger partial charge in [-0.3, -0.25) is 9.69 Å². The first-order chi connectivity index (χ1) is 20.5. The van der Waals surface area contributed by atoms with Crippen LogP contribution in [0.4, 0.5) is 4.79 Å². The SMILES string of the molecule is COc1ccc(CN2CCN(C(=O)[C@H](CSCc3ccccc3)NC(=O)OCc3ccccc3)CC2)c(OC)c1OC. The van der Waals surface area contributed by atoms with E-state index >= 15 is 0 Å². The maximum atomic E-state index is 13.6. The smallest absolute Gasteiger partial charge is 0.408 e. The van der Waals surface area contributed by atoms with Crippen molar-refractivity contribution in [2.75, 3.05) is 53.3 Å². The maximum Gasteiger partial charge on any atom is 0.408 e. The molecule has 4 rings (SSSR count). The molecule has 9 nitrogen and oxygen atoms in total. The Kier molecular flexibility index (Phi) is 11.8. The third kappa shape index (κ3) is 8.56. The number of piperazine rings is 1. The first-order valence-electron chi connectivity index (χ1n) is 13.9. The number of nitrogens with zero attached hydrogens (tertiary/aromatic N) is 2. The minimum absolute atomic E-state index is 0.101. The highest BCUT2D eigenvalue weighted by molar-refractivity contribution is 7.98. The van der Waals surface area contributed by atoms with Gasteiger partial charge in [-0.1, -0.05) is 66.7 Å². The Bertz CT molecular complexity index is 1290.